The molecule has 3 heterocycles. The molecule has 1 aliphatic heterocycles. The minimum Gasteiger partial charge on any atom is -0.364 e. The summed E-state index contributed by atoms with van der Waals surface area (Å²) >= 11 is 0. The number of aromatic nitrogens is 2. The van der Waals surface area contributed by atoms with E-state index in [1.165, 1.54) is 61.3 Å². The van der Waals surface area contributed by atoms with Gasteiger partial charge < -0.3 is 4.90 Å². The summed E-state index contributed by atoms with van der Waals surface area (Å²) in [7, 11) is 0. The molecule has 0 aliphatic carbocycles. The molecule has 3 aromatic carbocycles. The largest absolute Gasteiger partial charge is 0.364 e. The summed E-state index contributed by atoms with van der Waals surface area (Å²) in [6.07, 6.45) is 6.22. The van der Waals surface area contributed by atoms with Crippen molar-refractivity contribution in [2.24, 2.45) is 0 Å². The average molecular weight is 595 g/mol. The number of aryl methyl sites for hydroxylation is 4. The highest BCUT2D eigenvalue weighted by Gasteiger charge is 2.25. The Labute approximate surface area is 269 Å². The maximum Gasteiger partial charge on any atom is 0.0705 e. The first-order valence-electron chi connectivity index (χ1n) is 16.4. The Morgan fingerprint density at radius 1 is 0.622 bits per heavy atom. The van der Waals surface area contributed by atoms with Gasteiger partial charge in [0.05, 0.1) is 11.4 Å². The van der Waals surface area contributed by atoms with Crippen LogP contribution in [0.25, 0.3) is 22.5 Å². The van der Waals surface area contributed by atoms with E-state index in [0.29, 0.717) is 6.04 Å². The molecule has 0 spiro atoms. The number of pyridine rings is 2. The smallest absolute Gasteiger partial charge is 0.0705 e. The molecule has 1 saturated heterocycles. The second-order valence-corrected chi connectivity index (χ2v) is 13.0. The number of para-hydroxylation sites is 1. The summed E-state index contributed by atoms with van der Waals surface area (Å²) in [6, 6.07) is 29.4. The van der Waals surface area contributed by atoms with E-state index in [1.807, 2.05) is 12.4 Å². The molecule has 45 heavy (non-hydrogen) atoms. The van der Waals surface area contributed by atoms with Crippen molar-refractivity contribution in [2.45, 2.75) is 73.5 Å². The highest BCUT2D eigenvalue weighted by Crippen LogP contribution is 2.30. The quantitative estimate of drug-likeness (QED) is 0.179. The summed E-state index contributed by atoms with van der Waals surface area (Å²) in [4.78, 5) is 14.7. The van der Waals surface area contributed by atoms with Gasteiger partial charge in [-0.15, -0.1) is 0 Å². The number of likely N-dealkylation sites (tertiary alicyclic amines) is 1. The van der Waals surface area contributed by atoms with Crippen LogP contribution in [0.5, 0.6) is 0 Å². The minimum absolute atomic E-state index is 0.482. The first kappa shape index (κ1) is 30.7. The molecular weight excluding hydrogens is 548 g/mol. The zero-order valence-electron chi connectivity index (χ0n) is 27.8. The standard InChI is InChI=1S/C41H46N4/c1-28-20-36(21-29(2)32(28)5)40-24-34(12-16-42-40)26-44-18-14-39(15-19-44)45(38-10-8-7-9-11-38)27-35-13-17-43-41(25-35)37-22-30(3)33(6)31(4)23-37/h7-13,16-17,20-25,39H,14-15,18-19,26-27H2,1-6H3. The number of benzene rings is 3. The van der Waals surface area contributed by atoms with Gasteiger partial charge >= 0.3 is 0 Å². The number of nitrogens with zero attached hydrogens (tertiary/aromatic N) is 4. The Morgan fingerprint density at radius 3 is 1.64 bits per heavy atom. The Balaban J connectivity index is 1.16. The molecule has 2 aromatic heterocycles. The average Bonchev–Trinajstić information content (AvgIpc) is 3.05. The number of anilines is 1. The topological polar surface area (TPSA) is 32.3 Å². The van der Waals surface area contributed by atoms with Crippen molar-refractivity contribution in [3.63, 3.8) is 0 Å². The van der Waals surface area contributed by atoms with Gasteiger partial charge in [-0.2, -0.15) is 0 Å². The van der Waals surface area contributed by atoms with Gasteiger partial charge in [-0.05, 0) is 160 Å². The molecule has 6 rings (SSSR count). The second-order valence-electron chi connectivity index (χ2n) is 13.0. The predicted molar refractivity (Wildman–Crippen MR) is 189 cm³/mol. The van der Waals surface area contributed by atoms with E-state index in [9.17, 15) is 0 Å². The van der Waals surface area contributed by atoms with E-state index < -0.39 is 0 Å². The number of piperidine rings is 1. The zero-order valence-corrected chi connectivity index (χ0v) is 27.8. The van der Waals surface area contributed by atoms with Crippen LogP contribution in [-0.4, -0.2) is 34.0 Å². The van der Waals surface area contributed by atoms with E-state index in [1.54, 1.807) is 0 Å². The highest BCUT2D eigenvalue weighted by atomic mass is 15.2. The first-order chi connectivity index (χ1) is 21.7. The van der Waals surface area contributed by atoms with Gasteiger partial charge in [0, 0.05) is 61.4 Å². The molecular formula is C41H46N4. The Kier molecular flexibility index (Phi) is 9.14. The molecule has 1 fully saturated rings. The summed E-state index contributed by atoms with van der Waals surface area (Å²) in [5.41, 5.74) is 16.5. The van der Waals surface area contributed by atoms with E-state index in [2.05, 4.69) is 130 Å². The summed E-state index contributed by atoms with van der Waals surface area (Å²) in [5, 5.41) is 0. The molecule has 0 N–H and O–H groups in total. The van der Waals surface area contributed by atoms with E-state index >= 15 is 0 Å². The Bertz CT molecular complexity index is 1740. The van der Waals surface area contributed by atoms with Crippen LogP contribution in [0.3, 0.4) is 0 Å². The van der Waals surface area contributed by atoms with Crippen molar-refractivity contribution in [1.82, 2.24) is 14.9 Å². The zero-order chi connectivity index (χ0) is 31.5. The molecule has 5 aromatic rings. The van der Waals surface area contributed by atoms with Crippen LogP contribution >= 0.6 is 0 Å². The molecule has 0 saturated carbocycles. The monoisotopic (exact) mass is 594 g/mol. The van der Waals surface area contributed by atoms with Crippen LogP contribution in [0.1, 0.15) is 57.3 Å². The van der Waals surface area contributed by atoms with E-state index in [4.69, 9.17) is 9.97 Å². The minimum atomic E-state index is 0.482. The fourth-order valence-electron chi connectivity index (χ4n) is 6.72. The van der Waals surface area contributed by atoms with Crippen LogP contribution in [0.2, 0.25) is 0 Å². The summed E-state index contributed by atoms with van der Waals surface area (Å²) in [6.45, 7) is 17.2. The van der Waals surface area contributed by atoms with Crippen LogP contribution in [0.15, 0.2) is 91.3 Å². The third-order valence-corrected chi connectivity index (χ3v) is 9.94. The molecule has 0 unspecified atom stereocenters. The van der Waals surface area contributed by atoms with Gasteiger partial charge in [0.25, 0.3) is 0 Å². The number of rotatable bonds is 8. The van der Waals surface area contributed by atoms with Crippen LogP contribution < -0.4 is 4.90 Å². The van der Waals surface area contributed by atoms with Gasteiger partial charge in [0.1, 0.15) is 0 Å². The normalized spacial score (nSPS) is 14.1. The van der Waals surface area contributed by atoms with Crippen LogP contribution in [0, 0.1) is 41.5 Å². The number of hydrogen-bond donors (Lipinski definition) is 0. The Morgan fingerprint density at radius 2 is 1.11 bits per heavy atom. The van der Waals surface area contributed by atoms with Crippen molar-refractivity contribution < 1.29 is 0 Å². The molecule has 4 nitrogen and oxygen atoms in total. The number of hydrogen-bond acceptors (Lipinski definition) is 4. The molecule has 0 bridgehead atoms. The third-order valence-electron chi connectivity index (χ3n) is 9.94. The lowest BCUT2D eigenvalue weighted by Crippen LogP contribution is -2.44. The molecule has 0 atom stereocenters. The van der Waals surface area contributed by atoms with E-state index in [0.717, 1.165) is 50.4 Å². The SMILES string of the molecule is Cc1cc(-c2cc(CN3CCC(N(Cc4ccnc(-c5cc(C)c(C)c(C)c5)c4)c4ccccc4)CC3)ccn2)cc(C)c1C. The molecule has 1 aliphatic rings. The lowest BCUT2D eigenvalue weighted by Gasteiger charge is -2.40. The van der Waals surface area contributed by atoms with Gasteiger partial charge in [0.15, 0.2) is 0 Å². The maximum absolute atomic E-state index is 4.77. The van der Waals surface area contributed by atoms with Crippen molar-refractivity contribution >= 4 is 5.69 Å². The maximum atomic E-state index is 4.77. The molecule has 4 heteroatoms. The van der Waals surface area contributed by atoms with Crippen molar-refractivity contribution in [3.8, 4) is 22.5 Å². The highest BCUT2D eigenvalue weighted by molar-refractivity contribution is 5.64. The lowest BCUT2D eigenvalue weighted by atomic mass is 9.97. The van der Waals surface area contributed by atoms with Crippen molar-refractivity contribution in [2.75, 3.05) is 18.0 Å². The van der Waals surface area contributed by atoms with Crippen LogP contribution in [0.4, 0.5) is 5.69 Å². The summed E-state index contributed by atoms with van der Waals surface area (Å²) < 4.78 is 0. The molecule has 230 valence electrons. The fraction of sp³-hybridized carbons (Fsp3) is 0.317. The predicted octanol–water partition coefficient (Wildman–Crippen LogP) is 9.33. The van der Waals surface area contributed by atoms with Crippen LogP contribution in [-0.2, 0) is 13.1 Å². The van der Waals surface area contributed by atoms with Gasteiger partial charge in [-0.25, -0.2) is 0 Å². The van der Waals surface area contributed by atoms with Gasteiger partial charge in [-0.3, -0.25) is 14.9 Å². The Hall–Kier alpha value is -4.28. The van der Waals surface area contributed by atoms with Crippen molar-refractivity contribution in [1.29, 1.82) is 0 Å². The molecule has 0 radical (unpaired) electrons. The lowest BCUT2D eigenvalue weighted by molar-refractivity contribution is 0.201. The summed E-state index contributed by atoms with van der Waals surface area (Å²) in [5.74, 6) is 0. The second kappa shape index (κ2) is 13.4. The van der Waals surface area contributed by atoms with Gasteiger partial charge in [0.2, 0.25) is 0 Å². The van der Waals surface area contributed by atoms with Crippen molar-refractivity contribution in [3.05, 3.63) is 136 Å². The van der Waals surface area contributed by atoms with Gasteiger partial charge in [-0.1, -0.05) is 18.2 Å². The fourth-order valence-corrected chi connectivity index (χ4v) is 6.72. The third kappa shape index (κ3) is 7.02. The molecule has 0 amide bonds. The van der Waals surface area contributed by atoms with E-state index in [-0.39, 0.29) is 0 Å². The first-order valence-corrected chi connectivity index (χ1v) is 16.4.